The number of carbonyl (C=O) groups excluding carboxylic acids is 1. The number of hydrogen-bond donors (Lipinski definition) is 1. The summed E-state index contributed by atoms with van der Waals surface area (Å²) in [7, 11) is 1.63. The molecular weight excluding hydrogens is 352 g/mol. The number of amides is 2. The first-order chi connectivity index (χ1) is 12.4. The number of β-amino-alcohol motifs (C(OH)–C–C–N with tert-alkyl or cyclic N) is 1. The van der Waals surface area contributed by atoms with Crippen LogP contribution in [0.5, 0.6) is 5.75 Å². The van der Waals surface area contributed by atoms with Gasteiger partial charge in [-0.1, -0.05) is 43.9 Å². The summed E-state index contributed by atoms with van der Waals surface area (Å²) in [4.78, 5) is 14.8. The Morgan fingerprint density at radius 3 is 2.81 bits per heavy atom. The maximum atomic E-state index is 12.1. The Bertz CT molecular complexity index is 807. The molecule has 2 amide bonds. The lowest BCUT2D eigenvalue weighted by Crippen LogP contribution is -2.34. The Hall–Kier alpha value is -2.45. The number of rotatable bonds is 6. The monoisotopic (exact) mass is 374 g/mol. The Morgan fingerprint density at radius 2 is 2.19 bits per heavy atom. The Kier molecular flexibility index (Phi) is 5.24. The lowest BCUT2D eigenvalue weighted by atomic mass is 10.0. The summed E-state index contributed by atoms with van der Waals surface area (Å²) in [6.07, 6.45) is 0.219. The van der Waals surface area contributed by atoms with E-state index in [0.717, 1.165) is 5.75 Å². The lowest BCUT2D eigenvalue weighted by molar-refractivity contribution is 0.183. The quantitative estimate of drug-likeness (QED) is 0.786. The molecule has 0 bridgehead atoms. The van der Waals surface area contributed by atoms with Crippen molar-refractivity contribution in [3.63, 3.8) is 0 Å². The fourth-order valence-corrected chi connectivity index (χ4v) is 3.57. The molecule has 2 atom stereocenters. The third kappa shape index (κ3) is 3.56. The van der Waals surface area contributed by atoms with Gasteiger partial charge >= 0.3 is 6.03 Å². The van der Waals surface area contributed by atoms with Gasteiger partial charge in [0.15, 0.2) is 17.3 Å². The SMILES string of the molecule is C=CC(Oc1cccc(C(C)C)c1)c1nnc(N2C(=O)N(C)CC2O)s1. The summed E-state index contributed by atoms with van der Waals surface area (Å²) in [6.45, 7) is 8.29. The van der Waals surface area contributed by atoms with E-state index in [0.29, 0.717) is 16.1 Å². The first-order valence-electron chi connectivity index (χ1n) is 8.35. The van der Waals surface area contributed by atoms with E-state index < -0.39 is 12.3 Å². The molecule has 1 N–H and O–H groups in total. The van der Waals surface area contributed by atoms with Gasteiger partial charge in [-0.2, -0.15) is 0 Å². The molecule has 138 valence electrons. The maximum Gasteiger partial charge on any atom is 0.328 e. The van der Waals surface area contributed by atoms with Crippen LogP contribution in [0.4, 0.5) is 9.93 Å². The molecule has 1 saturated heterocycles. The van der Waals surface area contributed by atoms with Crippen LogP contribution in [0.3, 0.4) is 0 Å². The van der Waals surface area contributed by atoms with Crippen LogP contribution in [0.2, 0.25) is 0 Å². The van der Waals surface area contributed by atoms with E-state index >= 15 is 0 Å². The molecule has 0 spiro atoms. The molecule has 0 aliphatic carbocycles. The minimum absolute atomic E-state index is 0.233. The molecule has 2 heterocycles. The predicted octanol–water partition coefficient (Wildman–Crippen LogP) is 3.16. The van der Waals surface area contributed by atoms with E-state index in [2.05, 4.69) is 36.7 Å². The zero-order valence-electron chi connectivity index (χ0n) is 15.0. The van der Waals surface area contributed by atoms with Gasteiger partial charge in [-0.3, -0.25) is 0 Å². The highest BCUT2D eigenvalue weighted by atomic mass is 32.1. The maximum absolute atomic E-state index is 12.1. The van der Waals surface area contributed by atoms with E-state index in [9.17, 15) is 9.90 Å². The Labute approximate surface area is 156 Å². The smallest absolute Gasteiger partial charge is 0.328 e. The average molecular weight is 374 g/mol. The minimum atomic E-state index is -0.931. The van der Waals surface area contributed by atoms with Crippen molar-refractivity contribution in [2.45, 2.75) is 32.1 Å². The van der Waals surface area contributed by atoms with Gasteiger partial charge in [0.2, 0.25) is 5.13 Å². The number of hydrogen-bond acceptors (Lipinski definition) is 6. The summed E-state index contributed by atoms with van der Waals surface area (Å²) in [5.41, 5.74) is 1.18. The predicted molar refractivity (Wildman–Crippen MR) is 101 cm³/mol. The van der Waals surface area contributed by atoms with Gasteiger partial charge in [0, 0.05) is 7.05 Å². The Morgan fingerprint density at radius 1 is 1.42 bits per heavy atom. The number of aliphatic hydroxyl groups excluding tert-OH is 1. The van der Waals surface area contributed by atoms with E-state index in [4.69, 9.17) is 4.74 Å². The van der Waals surface area contributed by atoms with Crippen molar-refractivity contribution >= 4 is 22.5 Å². The zero-order chi connectivity index (χ0) is 18.8. The third-order valence-electron chi connectivity index (χ3n) is 4.15. The van der Waals surface area contributed by atoms with Crippen molar-refractivity contribution in [2.75, 3.05) is 18.5 Å². The molecule has 8 heteroatoms. The van der Waals surface area contributed by atoms with Crippen molar-refractivity contribution in [1.29, 1.82) is 0 Å². The second-order valence-corrected chi connectivity index (χ2v) is 7.43. The largest absolute Gasteiger partial charge is 0.479 e. The normalized spacial score (nSPS) is 18.5. The topological polar surface area (TPSA) is 78.8 Å². The number of carbonyl (C=O) groups is 1. The molecule has 2 unspecified atom stereocenters. The molecule has 0 radical (unpaired) electrons. The molecule has 1 aliphatic heterocycles. The summed E-state index contributed by atoms with van der Waals surface area (Å²) in [5.74, 6) is 1.11. The molecule has 7 nitrogen and oxygen atoms in total. The van der Waals surface area contributed by atoms with Gasteiger partial charge in [0.1, 0.15) is 5.75 Å². The number of ether oxygens (including phenoxy) is 1. The highest BCUT2D eigenvalue weighted by Crippen LogP contribution is 2.32. The van der Waals surface area contributed by atoms with Crippen molar-refractivity contribution in [3.05, 3.63) is 47.5 Å². The second kappa shape index (κ2) is 7.43. The molecule has 1 fully saturated rings. The number of likely N-dealkylation sites (N-methyl/N-ethyl adjacent to an activating group) is 1. The van der Waals surface area contributed by atoms with Crippen molar-refractivity contribution in [3.8, 4) is 5.75 Å². The van der Waals surface area contributed by atoms with E-state index in [1.54, 1.807) is 13.1 Å². The molecule has 1 aliphatic rings. The zero-order valence-corrected chi connectivity index (χ0v) is 15.8. The number of benzene rings is 1. The molecule has 26 heavy (non-hydrogen) atoms. The van der Waals surface area contributed by atoms with Crippen LogP contribution in [-0.2, 0) is 0 Å². The Balaban J connectivity index is 1.80. The molecule has 1 aromatic heterocycles. The summed E-state index contributed by atoms with van der Waals surface area (Å²) < 4.78 is 6.00. The van der Waals surface area contributed by atoms with Crippen molar-refractivity contribution < 1.29 is 14.6 Å². The number of urea groups is 1. The van der Waals surface area contributed by atoms with E-state index in [1.165, 1.54) is 26.7 Å². The fourth-order valence-electron chi connectivity index (χ4n) is 2.66. The van der Waals surface area contributed by atoms with Crippen LogP contribution in [0.1, 0.15) is 36.4 Å². The number of aromatic nitrogens is 2. The number of nitrogens with zero attached hydrogens (tertiary/aromatic N) is 4. The van der Waals surface area contributed by atoms with Crippen LogP contribution in [0, 0.1) is 0 Å². The van der Waals surface area contributed by atoms with Gasteiger partial charge < -0.3 is 14.7 Å². The highest BCUT2D eigenvalue weighted by molar-refractivity contribution is 7.15. The van der Waals surface area contributed by atoms with Crippen molar-refractivity contribution in [2.24, 2.45) is 0 Å². The summed E-state index contributed by atoms with van der Waals surface area (Å²) in [5, 5.41) is 19.1. The summed E-state index contributed by atoms with van der Waals surface area (Å²) >= 11 is 1.20. The highest BCUT2D eigenvalue weighted by Gasteiger charge is 2.37. The fraction of sp³-hybridized carbons (Fsp3) is 0.389. The lowest BCUT2D eigenvalue weighted by Gasteiger charge is -2.15. The molecule has 1 aromatic carbocycles. The van der Waals surface area contributed by atoms with Crippen LogP contribution in [0.25, 0.3) is 0 Å². The van der Waals surface area contributed by atoms with Crippen LogP contribution in [0.15, 0.2) is 36.9 Å². The average Bonchev–Trinajstić information content (AvgIpc) is 3.18. The first kappa shape index (κ1) is 18.3. The van der Waals surface area contributed by atoms with E-state index in [-0.39, 0.29) is 12.6 Å². The molecule has 2 aromatic rings. The molecular formula is C18H22N4O3S. The molecule has 3 rings (SSSR count). The number of aliphatic hydroxyl groups is 1. The van der Waals surface area contributed by atoms with Crippen molar-refractivity contribution in [1.82, 2.24) is 15.1 Å². The third-order valence-corrected chi connectivity index (χ3v) is 5.13. The second-order valence-electron chi connectivity index (χ2n) is 6.44. The molecule has 0 saturated carbocycles. The minimum Gasteiger partial charge on any atom is -0.479 e. The van der Waals surface area contributed by atoms with E-state index in [1.807, 2.05) is 18.2 Å². The summed E-state index contributed by atoms with van der Waals surface area (Å²) in [6, 6.07) is 7.57. The first-order valence-corrected chi connectivity index (χ1v) is 9.17. The van der Waals surface area contributed by atoms with Crippen LogP contribution >= 0.6 is 11.3 Å². The van der Waals surface area contributed by atoms with Crippen LogP contribution < -0.4 is 9.64 Å². The standard InChI is InChI=1S/C18H22N4O3S/c1-5-14(25-13-8-6-7-12(9-13)11(2)3)16-19-20-17(26-16)22-15(23)10-21(4)18(22)24/h5-9,11,14-15,23H,1,10H2,2-4H3. The van der Waals surface area contributed by atoms with Gasteiger partial charge in [0.05, 0.1) is 6.54 Å². The van der Waals surface area contributed by atoms with Crippen LogP contribution in [-0.4, -0.2) is 46.1 Å². The van der Waals surface area contributed by atoms with Gasteiger partial charge in [-0.15, -0.1) is 10.2 Å². The van der Waals surface area contributed by atoms with Gasteiger partial charge in [-0.25, -0.2) is 9.69 Å². The van der Waals surface area contributed by atoms with Gasteiger partial charge in [-0.05, 0) is 29.7 Å². The van der Waals surface area contributed by atoms with Gasteiger partial charge in [0.25, 0.3) is 0 Å². The number of anilines is 1.